The van der Waals surface area contributed by atoms with Gasteiger partial charge in [0, 0.05) is 31.0 Å². The first-order valence-electron chi connectivity index (χ1n) is 6.99. The number of carbonyl (C=O) groups is 1. The molecule has 2 aromatic rings. The average Bonchev–Trinajstić information content (AvgIpc) is 3.04. The number of anilines is 1. The Morgan fingerprint density at radius 3 is 3.19 bits per heavy atom. The SMILES string of the molecule is CC(C)Cn1cc(NC(=O)C2NCc3ncncc32)cn1. The lowest BCUT2D eigenvalue weighted by Crippen LogP contribution is -2.27. The second-order valence-electron chi connectivity index (χ2n) is 5.57. The summed E-state index contributed by atoms with van der Waals surface area (Å²) in [4.78, 5) is 20.5. The monoisotopic (exact) mass is 286 g/mol. The van der Waals surface area contributed by atoms with E-state index in [0.29, 0.717) is 18.2 Å². The van der Waals surface area contributed by atoms with Crippen molar-refractivity contribution in [2.45, 2.75) is 33.0 Å². The minimum absolute atomic E-state index is 0.118. The van der Waals surface area contributed by atoms with Gasteiger partial charge in [-0.1, -0.05) is 13.8 Å². The molecule has 1 atom stereocenters. The van der Waals surface area contributed by atoms with Gasteiger partial charge >= 0.3 is 0 Å². The molecular weight excluding hydrogens is 268 g/mol. The van der Waals surface area contributed by atoms with E-state index < -0.39 is 6.04 Å². The lowest BCUT2D eigenvalue weighted by molar-refractivity contribution is -0.118. The third-order valence-electron chi connectivity index (χ3n) is 3.33. The van der Waals surface area contributed by atoms with Gasteiger partial charge in [-0.25, -0.2) is 9.97 Å². The second kappa shape index (κ2) is 5.61. The number of nitrogens with one attached hydrogen (secondary N) is 2. The van der Waals surface area contributed by atoms with Crippen LogP contribution < -0.4 is 10.6 Å². The van der Waals surface area contributed by atoms with Crippen LogP contribution >= 0.6 is 0 Å². The molecule has 21 heavy (non-hydrogen) atoms. The quantitative estimate of drug-likeness (QED) is 0.879. The second-order valence-corrected chi connectivity index (χ2v) is 5.57. The number of hydrogen-bond acceptors (Lipinski definition) is 5. The molecule has 3 heterocycles. The molecule has 1 aliphatic heterocycles. The zero-order valence-electron chi connectivity index (χ0n) is 12.1. The molecule has 1 amide bonds. The van der Waals surface area contributed by atoms with Crippen molar-refractivity contribution in [1.29, 1.82) is 0 Å². The van der Waals surface area contributed by atoms with Crippen LogP contribution in [0.15, 0.2) is 24.9 Å². The highest BCUT2D eigenvalue weighted by molar-refractivity contribution is 5.95. The van der Waals surface area contributed by atoms with Gasteiger partial charge in [-0.15, -0.1) is 0 Å². The highest BCUT2D eigenvalue weighted by Crippen LogP contribution is 2.23. The van der Waals surface area contributed by atoms with E-state index >= 15 is 0 Å². The van der Waals surface area contributed by atoms with Gasteiger partial charge in [0.25, 0.3) is 0 Å². The predicted octanol–water partition coefficient (Wildman–Crippen LogP) is 1.11. The smallest absolute Gasteiger partial charge is 0.246 e. The molecule has 0 radical (unpaired) electrons. The van der Waals surface area contributed by atoms with Crippen molar-refractivity contribution in [3.63, 3.8) is 0 Å². The van der Waals surface area contributed by atoms with E-state index in [9.17, 15) is 4.79 Å². The van der Waals surface area contributed by atoms with Crippen LogP contribution in [-0.4, -0.2) is 25.7 Å². The predicted molar refractivity (Wildman–Crippen MR) is 77.3 cm³/mol. The molecule has 110 valence electrons. The molecule has 7 nitrogen and oxygen atoms in total. The van der Waals surface area contributed by atoms with Crippen molar-refractivity contribution in [1.82, 2.24) is 25.1 Å². The van der Waals surface area contributed by atoms with Crippen LogP contribution in [0.4, 0.5) is 5.69 Å². The summed E-state index contributed by atoms with van der Waals surface area (Å²) in [6.45, 7) is 5.66. The molecule has 0 saturated heterocycles. The Labute approximate surface area is 122 Å². The molecule has 1 aliphatic rings. The topological polar surface area (TPSA) is 84.7 Å². The minimum Gasteiger partial charge on any atom is -0.322 e. The maximum atomic E-state index is 12.3. The number of fused-ring (bicyclic) bond motifs is 1. The van der Waals surface area contributed by atoms with Gasteiger partial charge in [-0.2, -0.15) is 5.10 Å². The Kier molecular flexibility index (Phi) is 3.66. The largest absolute Gasteiger partial charge is 0.322 e. The fourth-order valence-electron chi connectivity index (χ4n) is 2.41. The summed E-state index contributed by atoms with van der Waals surface area (Å²) < 4.78 is 1.83. The fraction of sp³-hybridized carbons (Fsp3) is 0.429. The van der Waals surface area contributed by atoms with E-state index in [2.05, 4.69) is 39.5 Å². The zero-order chi connectivity index (χ0) is 14.8. The Balaban J connectivity index is 1.69. The Bertz CT molecular complexity index is 650. The number of amides is 1. The van der Waals surface area contributed by atoms with Gasteiger partial charge in [0.15, 0.2) is 0 Å². The van der Waals surface area contributed by atoms with E-state index in [-0.39, 0.29) is 5.91 Å². The first kappa shape index (κ1) is 13.7. The first-order chi connectivity index (χ1) is 10.1. The Morgan fingerprint density at radius 2 is 2.38 bits per heavy atom. The molecule has 7 heteroatoms. The summed E-state index contributed by atoms with van der Waals surface area (Å²) in [6.07, 6.45) is 6.69. The van der Waals surface area contributed by atoms with Crippen LogP contribution in [0.3, 0.4) is 0 Å². The van der Waals surface area contributed by atoms with Crippen molar-refractivity contribution in [3.8, 4) is 0 Å². The van der Waals surface area contributed by atoms with E-state index in [4.69, 9.17) is 0 Å². The highest BCUT2D eigenvalue weighted by atomic mass is 16.2. The average molecular weight is 286 g/mol. The third-order valence-corrected chi connectivity index (χ3v) is 3.33. The molecule has 0 fully saturated rings. The lowest BCUT2D eigenvalue weighted by Gasteiger charge is -2.10. The molecule has 0 spiro atoms. The molecule has 0 aliphatic carbocycles. The third kappa shape index (κ3) is 2.92. The Hall–Kier alpha value is -2.28. The van der Waals surface area contributed by atoms with Crippen LogP contribution in [0.25, 0.3) is 0 Å². The number of hydrogen-bond donors (Lipinski definition) is 2. The number of aromatic nitrogens is 4. The van der Waals surface area contributed by atoms with Gasteiger partial charge in [0.05, 0.1) is 17.6 Å². The maximum Gasteiger partial charge on any atom is 0.246 e. The van der Waals surface area contributed by atoms with Crippen molar-refractivity contribution in [2.24, 2.45) is 5.92 Å². The maximum absolute atomic E-state index is 12.3. The molecule has 2 N–H and O–H groups in total. The van der Waals surface area contributed by atoms with Crippen LogP contribution in [0.2, 0.25) is 0 Å². The van der Waals surface area contributed by atoms with E-state index in [1.807, 2.05) is 10.9 Å². The van der Waals surface area contributed by atoms with Gasteiger partial charge in [0.2, 0.25) is 5.91 Å². The number of nitrogens with zero attached hydrogens (tertiary/aromatic N) is 4. The van der Waals surface area contributed by atoms with Crippen LogP contribution in [0, 0.1) is 5.92 Å². The summed E-state index contributed by atoms with van der Waals surface area (Å²) in [5.74, 6) is 0.390. The summed E-state index contributed by atoms with van der Waals surface area (Å²) in [5, 5.41) is 10.3. The van der Waals surface area contributed by atoms with Crippen LogP contribution in [0.1, 0.15) is 31.1 Å². The number of carbonyl (C=O) groups excluding carboxylic acids is 1. The van der Waals surface area contributed by atoms with Gasteiger partial charge in [-0.3, -0.25) is 14.8 Å². The van der Waals surface area contributed by atoms with Crippen molar-refractivity contribution >= 4 is 11.6 Å². The van der Waals surface area contributed by atoms with Crippen molar-refractivity contribution in [3.05, 3.63) is 36.2 Å². The Morgan fingerprint density at radius 1 is 1.52 bits per heavy atom. The van der Waals surface area contributed by atoms with Gasteiger partial charge in [0.1, 0.15) is 12.4 Å². The zero-order valence-corrected chi connectivity index (χ0v) is 12.1. The van der Waals surface area contributed by atoms with Crippen molar-refractivity contribution < 1.29 is 4.79 Å². The highest BCUT2D eigenvalue weighted by Gasteiger charge is 2.29. The first-order valence-corrected chi connectivity index (χ1v) is 6.99. The fourth-order valence-corrected chi connectivity index (χ4v) is 2.41. The minimum atomic E-state index is -0.408. The molecule has 3 rings (SSSR count). The van der Waals surface area contributed by atoms with E-state index in [1.165, 1.54) is 6.33 Å². The standard InChI is InChI=1S/C14H18N6O/c1-9(2)6-20-7-10(3-18-20)19-14(21)13-11-4-15-8-17-12(11)5-16-13/h3-4,7-9,13,16H,5-6H2,1-2H3,(H,19,21). The summed E-state index contributed by atoms with van der Waals surface area (Å²) in [6, 6.07) is -0.408. The molecule has 0 bridgehead atoms. The summed E-state index contributed by atoms with van der Waals surface area (Å²) >= 11 is 0. The molecular formula is C14H18N6O. The van der Waals surface area contributed by atoms with E-state index in [1.54, 1.807) is 12.4 Å². The normalized spacial score (nSPS) is 17.0. The van der Waals surface area contributed by atoms with Crippen LogP contribution in [-0.2, 0) is 17.9 Å². The van der Waals surface area contributed by atoms with Crippen LogP contribution in [0.5, 0.6) is 0 Å². The van der Waals surface area contributed by atoms with E-state index in [0.717, 1.165) is 17.8 Å². The molecule has 2 aromatic heterocycles. The number of rotatable bonds is 4. The summed E-state index contributed by atoms with van der Waals surface area (Å²) in [5.41, 5.74) is 2.41. The molecule has 1 unspecified atom stereocenters. The van der Waals surface area contributed by atoms with Gasteiger partial charge < -0.3 is 5.32 Å². The lowest BCUT2D eigenvalue weighted by atomic mass is 10.1. The van der Waals surface area contributed by atoms with Crippen molar-refractivity contribution in [2.75, 3.05) is 5.32 Å². The summed E-state index contributed by atoms with van der Waals surface area (Å²) in [7, 11) is 0. The van der Waals surface area contributed by atoms with Gasteiger partial charge in [-0.05, 0) is 5.92 Å². The molecule has 0 saturated carbocycles. The molecule has 0 aromatic carbocycles.